The van der Waals surface area contributed by atoms with Crippen molar-refractivity contribution in [2.45, 2.75) is 30.1 Å². The van der Waals surface area contributed by atoms with Gasteiger partial charge in [0.25, 0.3) is 0 Å². The Morgan fingerprint density at radius 1 is 1.12 bits per heavy atom. The molecule has 0 spiro atoms. The molecule has 16 heteroatoms. The first-order valence-electron chi connectivity index (χ1n) is 8.91. The Hall–Kier alpha value is -2.75. The van der Waals surface area contributed by atoms with E-state index in [0.29, 0.717) is 18.3 Å². The van der Waals surface area contributed by atoms with Gasteiger partial charge in [0.05, 0.1) is 22.8 Å². The minimum absolute atomic E-state index is 0.0406. The van der Waals surface area contributed by atoms with Crippen molar-refractivity contribution in [3.63, 3.8) is 0 Å². The topological polar surface area (TPSA) is 88.3 Å². The quantitative estimate of drug-likeness (QED) is 0.629. The van der Waals surface area contributed by atoms with Crippen molar-refractivity contribution in [3.05, 3.63) is 29.1 Å². The van der Waals surface area contributed by atoms with Crippen molar-refractivity contribution >= 4 is 21.7 Å². The Labute approximate surface area is 180 Å². The summed E-state index contributed by atoms with van der Waals surface area (Å²) in [5.74, 6) is -6.81. The Bertz CT molecular complexity index is 1230. The molecule has 2 aromatic heterocycles. The predicted octanol–water partition coefficient (Wildman–Crippen LogP) is 4.08. The molecule has 0 saturated carbocycles. The predicted molar refractivity (Wildman–Crippen MR) is 97.3 cm³/mol. The van der Waals surface area contributed by atoms with Gasteiger partial charge >= 0.3 is 18.3 Å². The molecule has 33 heavy (non-hydrogen) atoms. The maximum atomic E-state index is 13.8. The lowest BCUT2D eigenvalue weighted by Crippen LogP contribution is -2.43. The third-order valence-corrected chi connectivity index (χ3v) is 6.57. The molecule has 2 aromatic rings. The van der Waals surface area contributed by atoms with E-state index < -0.39 is 79.5 Å². The van der Waals surface area contributed by atoms with Crippen LogP contribution in [-0.4, -0.2) is 52.6 Å². The summed E-state index contributed by atoms with van der Waals surface area (Å²) >= 11 is 0. The van der Waals surface area contributed by atoms with E-state index >= 15 is 0 Å². The van der Waals surface area contributed by atoms with Gasteiger partial charge in [0.15, 0.2) is 21.5 Å². The molecule has 0 aliphatic carbocycles. The first kappa shape index (κ1) is 24.9. The number of nitrogens with zero attached hydrogens (tertiary/aromatic N) is 4. The van der Waals surface area contributed by atoms with Crippen molar-refractivity contribution in [3.8, 4) is 11.5 Å². The number of imidazole rings is 1. The smallest absolute Gasteiger partial charge is 0.310 e. The number of hydrogen-bond donors (Lipinski definition) is 1. The average Bonchev–Trinajstić information content (AvgIpc) is 3.02. The van der Waals surface area contributed by atoms with E-state index in [1.165, 1.54) is 0 Å². The fourth-order valence-electron chi connectivity index (χ4n) is 3.10. The van der Waals surface area contributed by atoms with Crippen LogP contribution in [0.5, 0.6) is 0 Å². The summed E-state index contributed by atoms with van der Waals surface area (Å²) < 4.78 is 131. The summed E-state index contributed by atoms with van der Waals surface area (Å²) in [4.78, 5) is 6.45. The van der Waals surface area contributed by atoms with Crippen LogP contribution in [0.1, 0.15) is 18.2 Å². The van der Waals surface area contributed by atoms with Gasteiger partial charge in [-0.25, -0.2) is 18.5 Å². The summed E-state index contributed by atoms with van der Waals surface area (Å²) in [6.45, 7) is -0.106. The maximum Gasteiger partial charge on any atom is 0.457 e. The second kappa shape index (κ2) is 7.65. The lowest BCUT2D eigenvalue weighted by atomic mass is 10.0. The summed E-state index contributed by atoms with van der Waals surface area (Å²) in [6.07, 6.45) is -10.2. The van der Waals surface area contributed by atoms with Gasteiger partial charge < -0.3 is 4.57 Å². The van der Waals surface area contributed by atoms with Gasteiger partial charge in [-0.15, -0.1) is 0 Å². The number of sulfone groups is 1. The van der Waals surface area contributed by atoms with E-state index in [1.807, 2.05) is 0 Å². The molecule has 0 aromatic carbocycles. The van der Waals surface area contributed by atoms with Crippen LogP contribution in [0.15, 0.2) is 22.7 Å². The fraction of sp³-hybridized carbons (Fsp3) is 0.412. The highest BCUT2D eigenvalue weighted by molar-refractivity contribution is 7.91. The number of hydrogen-bond acceptors (Lipinski definition) is 6. The molecule has 1 aliphatic rings. The van der Waals surface area contributed by atoms with E-state index in [1.54, 1.807) is 0 Å². The van der Waals surface area contributed by atoms with Crippen LogP contribution in [0.4, 0.5) is 40.9 Å². The third kappa shape index (κ3) is 4.16. The molecule has 3 rings (SSSR count). The summed E-state index contributed by atoms with van der Waals surface area (Å²) in [5, 5.41) is 10.1. The molecule has 0 radical (unpaired) electrons. The maximum absolute atomic E-state index is 13.8. The number of anilines is 1. The fourth-order valence-corrected chi connectivity index (χ4v) is 4.16. The molecular formula is C17H14F8N4O3S. The Morgan fingerprint density at radius 2 is 1.73 bits per heavy atom. The molecule has 0 fully saturated rings. The second-order valence-electron chi connectivity index (χ2n) is 6.97. The van der Waals surface area contributed by atoms with Gasteiger partial charge in [-0.2, -0.15) is 35.1 Å². The summed E-state index contributed by atoms with van der Waals surface area (Å²) in [6, 6.07) is 0.324. The molecule has 7 nitrogen and oxygen atoms in total. The Kier molecular flexibility index (Phi) is 5.77. The van der Waals surface area contributed by atoms with Crippen LogP contribution in [0, 0.1) is 0 Å². The number of fused-ring (bicyclic) bond motifs is 1. The summed E-state index contributed by atoms with van der Waals surface area (Å²) in [5.41, 5.74) is -4.13. The summed E-state index contributed by atoms with van der Waals surface area (Å²) in [7, 11) is -3.18. The third-order valence-electron chi connectivity index (χ3n) is 4.83. The number of halogens is 8. The lowest BCUT2D eigenvalue weighted by Gasteiger charge is -2.29. The Balaban J connectivity index is 2.26. The zero-order valence-electron chi connectivity index (χ0n) is 16.6. The highest BCUT2D eigenvalue weighted by Crippen LogP contribution is 2.45. The molecule has 1 aliphatic heterocycles. The van der Waals surface area contributed by atoms with Crippen LogP contribution in [0.2, 0.25) is 0 Å². The molecule has 3 heterocycles. The van der Waals surface area contributed by atoms with E-state index in [0.717, 1.165) is 18.5 Å². The SMILES string of the molecule is CCS(=O)(=O)c1cc(C(F)(F)F)cnc1-c1nc2c(n1C)N(O)CC(C(F)(F)C(F)(F)F)=C2. The van der Waals surface area contributed by atoms with Gasteiger partial charge in [0, 0.05) is 18.8 Å². The number of aromatic nitrogens is 3. The van der Waals surface area contributed by atoms with Crippen molar-refractivity contribution < 1.29 is 48.7 Å². The van der Waals surface area contributed by atoms with Crippen LogP contribution < -0.4 is 5.06 Å². The number of pyridine rings is 1. The molecule has 0 amide bonds. The van der Waals surface area contributed by atoms with Gasteiger partial charge in [-0.1, -0.05) is 6.92 Å². The Morgan fingerprint density at radius 3 is 2.24 bits per heavy atom. The molecule has 0 bridgehead atoms. The van der Waals surface area contributed by atoms with Crippen LogP contribution >= 0.6 is 0 Å². The normalized spacial score (nSPS) is 15.5. The zero-order valence-corrected chi connectivity index (χ0v) is 17.4. The molecule has 0 saturated heterocycles. The minimum atomic E-state index is -5.97. The highest BCUT2D eigenvalue weighted by atomic mass is 32.2. The molecule has 0 atom stereocenters. The van der Waals surface area contributed by atoms with Gasteiger partial charge in [0.2, 0.25) is 0 Å². The van der Waals surface area contributed by atoms with E-state index in [-0.39, 0.29) is 5.06 Å². The molecule has 0 unspecified atom stereocenters. The monoisotopic (exact) mass is 506 g/mol. The second-order valence-corrected chi connectivity index (χ2v) is 9.22. The van der Waals surface area contributed by atoms with Gasteiger partial charge in [0.1, 0.15) is 11.4 Å². The standard InChI is InChI=1S/C17H14F8N4O3S/c1-3-33(31,32)11-5-8(16(20,21)22)6-26-12(11)13-27-10-4-9(15(18,19)17(23,24)25)7-29(30)14(10)28(13)2/h4-6,30H,3,7H2,1-2H3. The first-order valence-corrected chi connectivity index (χ1v) is 10.6. The minimum Gasteiger partial charge on any atom is -0.310 e. The number of rotatable bonds is 4. The van der Waals surface area contributed by atoms with Gasteiger partial charge in [-0.3, -0.25) is 10.2 Å². The zero-order chi connectivity index (χ0) is 25.1. The van der Waals surface area contributed by atoms with Crippen molar-refractivity contribution in [1.29, 1.82) is 0 Å². The van der Waals surface area contributed by atoms with Crippen molar-refractivity contribution in [2.75, 3.05) is 17.4 Å². The number of hydroxylamine groups is 1. The van der Waals surface area contributed by atoms with Crippen molar-refractivity contribution in [1.82, 2.24) is 14.5 Å². The van der Waals surface area contributed by atoms with Crippen molar-refractivity contribution in [2.24, 2.45) is 7.05 Å². The van der Waals surface area contributed by atoms with E-state index in [9.17, 15) is 48.7 Å². The molecule has 1 N–H and O–H groups in total. The largest absolute Gasteiger partial charge is 0.457 e. The molecule has 182 valence electrons. The number of alkyl halides is 8. The van der Waals surface area contributed by atoms with E-state index in [2.05, 4.69) is 9.97 Å². The van der Waals surface area contributed by atoms with Crippen LogP contribution in [0.25, 0.3) is 17.6 Å². The van der Waals surface area contributed by atoms with E-state index in [4.69, 9.17) is 0 Å². The average molecular weight is 506 g/mol. The highest BCUT2D eigenvalue weighted by Gasteiger charge is 2.60. The molecular weight excluding hydrogens is 492 g/mol. The van der Waals surface area contributed by atoms with Crippen LogP contribution in [-0.2, 0) is 23.1 Å². The van der Waals surface area contributed by atoms with Crippen LogP contribution in [0.3, 0.4) is 0 Å². The van der Waals surface area contributed by atoms with Gasteiger partial charge in [-0.05, 0) is 12.1 Å². The first-order chi connectivity index (χ1) is 14.9. The lowest BCUT2D eigenvalue weighted by molar-refractivity contribution is -0.264.